The van der Waals surface area contributed by atoms with Gasteiger partial charge in [0.15, 0.2) is 0 Å². The SMILES string of the molecule is CC(C)N1CCN([C@H]2CCCC(F)(F)C2CC(=O)N2CCC(C)(c3cc(C4CC4)on3)CC2)CC1. The largest absolute Gasteiger partial charge is 0.361 e. The predicted octanol–water partition coefficient (Wildman–Crippen LogP) is 4.65. The van der Waals surface area contributed by atoms with Gasteiger partial charge in [-0.15, -0.1) is 0 Å². The summed E-state index contributed by atoms with van der Waals surface area (Å²) in [6.45, 7) is 11.2. The number of alkyl halides is 2. The molecular formula is C27H42F2N4O2. The van der Waals surface area contributed by atoms with Gasteiger partial charge in [0.05, 0.1) is 5.69 Å². The van der Waals surface area contributed by atoms with Crippen LogP contribution < -0.4 is 0 Å². The number of aromatic nitrogens is 1. The molecule has 5 rings (SSSR count). The number of halogens is 2. The summed E-state index contributed by atoms with van der Waals surface area (Å²) in [7, 11) is 0. The maximum absolute atomic E-state index is 15.2. The van der Waals surface area contributed by atoms with Crippen molar-refractivity contribution in [1.82, 2.24) is 19.9 Å². The molecule has 1 amide bonds. The van der Waals surface area contributed by atoms with Crippen LogP contribution in [0, 0.1) is 5.92 Å². The monoisotopic (exact) mass is 492 g/mol. The highest BCUT2D eigenvalue weighted by molar-refractivity contribution is 5.77. The molecule has 4 aliphatic rings. The summed E-state index contributed by atoms with van der Waals surface area (Å²) in [5.41, 5.74) is 0.854. The molecule has 0 bridgehead atoms. The summed E-state index contributed by atoms with van der Waals surface area (Å²) < 4.78 is 36.0. The summed E-state index contributed by atoms with van der Waals surface area (Å²) in [5.74, 6) is -2.26. The van der Waals surface area contributed by atoms with Crippen molar-refractivity contribution in [2.45, 2.75) is 101 Å². The van der Waals surface area contributed by atoms with E-state index in [1.54, 1.807) is 0 Å². The molecule has 0 aromatic carbocycles. The second-order valence-corrected chi connectivity index (χ2v) is 12.0. The van der Waals surface area contributed by atoms with Gasteiger partial charge >= 0.3 is 0 Å². The lowest BCUT2D eigenvalue weighted by Crippen LogP contribution is -2.58. The third-order valence-electron chi connectivity index (χ3n) is 9.31. The lowest BCUT2D eigenvalue weighted by molar-refractivity contribution is -0.151. The van der Waals surface area contributed by atoms with Crippen LogP contribution in [-0.4, -0.2) is 83.0 Å². The van der Waals surface area contributed by atoms with E-state index in [1.807, 2.05) is 4.90 Å². The highest BCUT2D eigenvalue weighted by atomic mass is 19.3. The first-order valence-electron chi connectivity index (χ1n) is 13.8. The molecule has 0 spiro atoms. The molecule has 2 saturated heterocycles. The maximum Gasteiger partial charge on any atom is 0.252 e. The molecule has 1 aromatic heterocycles. The zero-order valence-electron chi connectivity index (χ0n) is 21.6. The van der Waals surface area contributed by atoms with Crippen LogP contribution in [0.15, 0.2) is 10.6 Å². The number of rotatable bonds is 6. The number of nitrogens with zero attached hydrogens (tertiary/aromatic N) is 4. The van der Waals surface area contributed by atoms with Crippen LogP contribution in [-0.2, 0) is 10.2 Å². The van der Waals surface area contributed by atoms with E-state index in [0.29, 0.717) is 31.5 Å². The molecular weight excluding hydrogens is 450 g/mol. The molecule has 1 unspecified atom stereocenters. The normalized spacial score (nSPS) is 30.1. The van der Waals surface area contributed by atoms with E-state index in [9.17, 15) is 4.79 Å². The summed E-state index contributed by atoms with van der Waals surface area (Å²) in [5, 5.41) is 4.35. The molecule has 6 nitrogen and oxygen atoms in total. The highest BCUT2D eigenvalue weighted by Gasteiger charge is 2.50. The van der Waals surface area contributed by atoms with Crippen molar-refractivity contribution >= 4 is 5.91 Å². The summed E-state index contributed by atoms with van der Waals surface area (Å²) in [6.07, 6.45) is 5.09. The molecule has 1 aromatic rings. The topological polar surface area (TPSA) is 52.8 Å². The molecule has 2 aliphatic carbocycles. The Bertz CT molecular complexity index is 883. The van der Waals surface area contributed by atoms with Crippen LogP contribution in [0.1, 0.15) is 89.5 Å². The van der Waals surface area contributed by atoms with Gasteiger partial charge in [-0.1, -0.05) is 12.1 Å². The van der Waals surface area contributed by atoms with Gasteiger partial charge in [-0.3, -0.25) is 14.6 Å². The molecule has 2 aliphatic heterocycles. The molecule has 35 heavy (non-hydrogen) atoms. The van der Waals surface area contributed by atoms with Gasteiger partial charge in [-0.2, -0.15) is 0 Å². The minimum absolute atomic E-state index is 0.0471. The Kier molecular flexibility index (Phi) is 6.98. The second-order valence-electron chi connectivity index (χ2n) is 12.0. The Morgan fingerprint density at radius 3 is 2.40 bits per heavy atom. The van der Waals surface area contributed by atoms with Crippen LogP contribution in [0.25, 0.3) is 0 Å². The average molecular weight is 493 g/mol. The Hall–Kier alpha value is -1.54. The van der Waals surface area contributed by atoms with E-state index in [1.165, 1.54) is 12.8 Å². The van der Waals surface area contributed by atoms with Gasteiger partial charge in [0.25, 0.3) is 5.92 Å². The summed E-state index contributed by atoms with van der Waals surface area (Å²) in [6, 6.07) is 2.37. The highest BCUT2D eigenvalue weighted by Crippen LogP contribution is 2.45. The quantitative estimate of drug-likeness (QED) is 0.579. The van der Waals surface area contributed by atoms with Gasteiger partial charge < -0.3 is 9.42 Å². The fourth-order valence-corrected chi connectivity index (χ4v) is 6.48. The van der Waals surface area contributed by atoms with Crippen molar-refractivity contribution in [3.63, 3.8) is 0 Å². The zero-order valence-corrected chi connectivity index (χ0v) is 21.6. The molecule has 8 heteroatoms. The first-order chi connectivity index (χ1) is 16.7. The number of amides is 1. The third kappa shape index (κ3) is 5.29. The lowest BCUT2D eigenvalue weighted by atomic mass is 9.76. The second kappa shape index (κ2) is 9.73. The molecule has 196 valence electrons. The van der Waals surface area contributed by atoms with Crippen molar-refractivity contribution in [3.8, 4) is 0 Å². The Morgan fingerprint density at radius 1 is 1.09 bits per heavy atom. The minimum Gasteiger partial charge on any atom is -0.361 e. The molecule has 0 N–H and O–H groups in total. The third-order valence-corrected chi connectivity index (χ3v) is 9.31. The van der Waals surface area contributed by atoms with Crippen LogP contribution in [0.2, 0.25) is 0 Å². The maximum atomic E-state index is 15.2. The first-order valence-corrected chi connectivity index (χ1v) is 13.8. The van der Waals surface area contributed by atoms with Gasteiger partial charge in [0.2, 0.25) is 5.91 Å². The molecule has 0 radical (unpaired) electrons. The van der Waals surface area contributed by atoms with E-state index >= 15 is 8.78 Å². The van der Waals surface area contributed by atoms with Crippen LogP contribution in [0.5, 0.6) is 0 Å². The summed E-state index contributed by atoms with van der Waals surface area (Å²) >= 11 is 0. The van der Waals surface area contributed by atoms with Gasteiger partial charge in [0, 0.05) is 87.5 Å². The van der Waals surface area contributed by atoms with Gasteiger partial charge in [-0.05, 0) is 52.4 Å². The number of hydrogen-bond acceptors (Lipinski definition) is 5. The Labute approximate surface area is 208 Å². The summed E-state index contributed by atoms with van der Waals surface area (Å²) in [4.78, 5) is 19.8. The van der Waals surface area contributed by atoms with Gasteiger partial charge in [-0.25, -0.2) is 8.78 Å². The fourth-order valence-electron chi connectivity index (χ4n) is 6.48. The molecule has 2 saturated carbocycles. The van der Waals surface area contributed by atoms with E-state index < -0.39 is 11.8 Å². The van der Waals surface area contributed by atoms with Crippen LogP contribution in [0.4, 0.5) is 8.78 Å². The van der Waals surface area contributed by atoms with Crippen molar-refractivity contribution < 1.29 is 18.1 Å². The molecule has 4 fully saturated rings. The predicted molar refractivity (Wildman–Crippen MR) is 131 cm³/mol. The number of likely N-dealkylation sites (tertiary alicyclic amines) is 1. The van der Waals surface area contributed by atoms with Crippen molar-refractivity contribution in [2.24, 2.45) is 5.92 Å². The van der Waals surface area contributed by atoms with Crippen molar-refractivity contribution in [2.75, 3.05) is 39.3 Å². The minimum atomic E-state index is -2.78. The average Bonchev–Trinajstić information content (AvgIpc) is 3.56. The Morgan fingerprint density at radius 2 is 1.77 bits per heavy atom. The van der Waals surface area contributed by atoms with E-state index in [0.717, 1.165) is 56.9 Å². The standard InChI is InChI=1S/C27H42F2N4O2/c1-19(2)31-13-15-32(16-14-31)22-5-4-8-27(28,29)21(22)17-25(34)33-11-9-26(3,10-12-33)24-18-23(35-30-24)20-6-7-20/h18-22H,4-17H2,1-3H3/t21?,22-/m0/s1. The molecule has 3 heterocycles. The number of carbonyl (C=O) groups excluding carboxylic acids is 1. The van der Waals surface area contributed by atoms with E-state index in [-0.39, 0.29) is 30.2 Å². The van der Waals surface area contributed by atoms with E-state index in [4.69, 9.17) is 4.52 Å². The van der Waals surface area contributed by atoms with Crippen molar-refractivity contribution in [3.05, 3.63) is 17.5 Å². The number of carbonyl (C=O) groups is 1. The fraction of sp³-hybridized carbons (Fsp3) is 0.852. The van der Waals surface area contributed by atoms with Crippen molar-refractivity contribution in [1.29, 1.82) is 0 Å². The van der Waals surface area contributed by atoms with Crippen LogP contribution in [0.3, 0.4) is 0 Å². The number of hydrogen-bond donors (Lipinski definition) is 0. The van der Waals surface area contributed by atoms with Gasteiger partial charge in [0.1, 0.15) is 5.76 Å². The lowest BCUT2D eigenvalue weighted by Gasteiger charge is -2.47. The van der Waals surface area contributed by atoms with Crippen LogP contribution >= 0.6 is 0 Å². The number of piperidine rings is 1. The Balaban J connectivity index is 1.20. The van der Waals surface area contributed by atoms with E-state index in [2.05, 4.69) is 41.8 Å². The number of piperazine rings is 1. The first kappa shape index (κ1) is 25.1. The zero-order chi connectivity index (χ0) is 24.8. The smallest absolute Gasteiger partial charge is 0.252 e. The molecule has 2 atom stereocenters.